The SMILES string of the molecule is CC/C=C\C[C@H](O)/C=C/C=C/C=C\C=C/[C@@H](O)[C@H](O)CCCC(=O)O[C@H](COC(=O)CC/C=C\C/C=C\C/C=C\C/C=C\C/C=C\CCCCC)COP(=O)(O)OCCN. The second-order valence-electron chi connectivity index (χ2n) is 13.7. The number of esters is 2. The Morgan fingerprint density at radius 1 is 0.650 bits per heavy atom. The lowest BCUT2D eigenvalue weighted by Crippen LogP contribution is -2.30. The quantitative estimate of drug-likeness (QED) is 0.0131. The lowest BCUT2D eigenvalue weighted by Gasteiger charge is -2.20. The molecule has 0 aliphatic rings. The third kappa shape index (κ3) is 38.5. The number of carbonyl (C=O) groups is 2. The first kappa shape index (κ1) is 56.3. The zero-order valence-electron chi connectivity index (χ0n) is 36.0. The van der Waals surface area contributed by atoms with Gasteiger partial charge in [-0.15, -0.1) is 0 Å². The van der Waals surface area contributed by atoms with Gasteiger partial charge in [0.1, 0.15) is 6.61 Å². The topological polar surface area (TPSA) is 195 Å². The molecule has 0 radical (unpaired) electrons. The fourth-order valence-electron chi connectivity index (χ4n) is 4.90. The van der Waals surface area contributed by atoms with E-state index in [9.17, 15) is 34.4 Å². The Morgan fingerprint density at radius 2 is 1.23 bits per heavy atom. The number of hydrogen-bond acceptors (Lipinski definition) is 11. The van der Waals surface area contributed by atoms with E-state index in [-0.39, 0.29) is 38.8 Å². The highest BCUT2D eigenvalue weighted by atomic mass is 31.2. The van der Waals surface area contributed by atoms with Crippen molar-refractivity contribution in [3.05, 3.63) is 122 Å². The minimum absolute atomic E-state index is 0.0195. The number of allylic oxidation sites excluding steroid dienone is 17. The van der Waals surface area contributed by atoms with E-state index in [0.29, 0.717) is 12.8 Å². The normalized spacial score (nSPS) is 16.1. The number of nitrogens with two attached hydrogens (primary N) is 1. The molecule has 0 fully saturated rings. The van der Waals surface area contributed by atoms with Crippen LogP contribution in [0.1, 0.15) is 110 Å². The first-order valence-corrected chi connectivity index (χ1v) is 22.8. The number of hydrogen-bond donors (Lipinski definition) is 5. The number of rotatable bonds is 37. The Labute approximate surface area is 359 Å². The summed E-state index contributed by atoms with van der Waals surface area (Å²) in [7, 11) is -4.50. The van der Waals surface area contributed by atoms with E-state index >= 15 is 0 Å². The maximum Gasteiger partial charge on any atom is 0.472 e. The molecular weight excluding hydrogens is 785 g/mol. The van der Waals surface area contributed by atoms with E-state index in [1.165, 1.54) is 25.3 Å². The van der Waals surface area contributed by atoms with Crippen LogP contribution in [-0.4, -0.2) is 82.9 Å². The number of aliphatic hydroxyl groups is 3. The smallest absolute Gasteiger partial charge is 0.462 e. The van der Waals surface area contributed by atoms with E-state index < -0.39 is 57.4 Å². The van der Waals surface area contributed by atoms with Crippen molar-refractivity contribution < 1.29 is 52.9 Å². The van der Waals surface area contributed by atoms with Crippen molar-refractivity contribution in [3.63, 3.8) is 0 Å². The molecule has 0 aliphatic carbocycles. The van der Waals surface area contributed by atoms with Crippen molar-refractivity contribution in [1.82, 2.24) is 0 Å². The van der Waals surface area contributed by atoms with Gasteiger partial charge in [-0.1, -0.05) is 148 Å². The van der Waals surface area contributed by atoms with Crippen LogP contribution >= 0.6 is 7.82 Å². The van der Waals surface area contributed by atoms with E-state index in [4.69, 9.17) is 24.3 Å². The average molecular weight is 860 g/mol. The number of phosphoric ester groups is 1. The molecule has 0 amide bonds. The predicted molar refractivity (Wildman–Crippen MR) is 242 cm³/mol. The second-order valence-corrected chi connectivity index (χ2v) is 15.1. The van der Waals surface area contributed by atoms with Crippen molar-refractivity contribution in [3.8, 4) is 0 Å². The molecule has 0 aromatic heterocycles. The standard InChI is InChI=1S/C47H74NO11P/c1-3-5-7-8-9-10-11-12-13-14-15-16-17-18-19-20-21-26-30-36-46(52)56-40-43(41-58-60(54,55)57-39-38-48)59-47(53)37-31-35-45(51)44(50)34-29-25-23-22-24-28-33-42(49)32-27-6-4-2/h6,9-10,12-13,15-16,18-19,21-29,33-34,42-45,49-51H,3-5,7-8,11,14,17,20,30-32,35-41,48H2,1-2H3,(H,54,55)/b10-9-,13-12-,16-15-,19-18-,24-22+,25-23-,26-21-,27-6-,33-28+,34-29-/t42-,43+,44+,45+/m0/s1. The van der Waals surface area contributed by atoms with Crippen molar-refractivity contribution in [2.45, 2.75) is 135 Å². The first-order chi connectivity index (χ1) is 29.0. The van der Waals surface area contributed by atoms with Gasteiger partial charge >= 0.3 is 19.8 Å². The Morgan fingerprint density at radius 3 is 1.83 bits per heavy atom. The van der Waals surface area contributed by atoms with E-state index in [2.05, 4.69) is 55.5 Å². The highest BCUT2D eigenvalue weighted by molar-refractivity contribution is 7.47. The number of phosphoric acid groups is 1. The Balaban J connectivity index is 4.64. The van der Waals surface area contributed by atoms with Gasteiger partial charge in [0.15, 0.2) is 6.10 Å². The lowest BCUT2D eigenvalue weighted by molar-refractivity contribution is -0.161. The van der Waals surface area contributed by atoms with E-state index in [1.807, 2.05) is 31.2 Å². The average Bonchev–Trinajstić information content (AvgIpc) is 3.22. The van der Waals surface area contributed by atoms with Gasteiger partial charge in [0.05, 0.1) is 31.5 Å². The van der Waals surface area contributed by atoms with Gasteiger partial charge in [0, 0.05) is 19.4 Å². The molecule has 0 heterocycles. The Kier molecular flexibility index (Phi) is 38.2. The van der Waals surface area contributed by atoms with Gasteiger partial charge in [0.2, 0.25) is 0 Å². The molecular formula is C47H74NO11P. The van der Waals surface area contributed by atoms with Gasteiger partial charge < -0.3 is 35.4 Å². The molecule has 0 rings (SSSR count). The van der Waals surface area contributed by atoms with Gasteiger partial charge in [-0.3, -0.25) is 18.6 Å². The van der Waals surface area contributed by atoms with Crippen LogP contribution in [0.4, 0.5) is 0 Å². The maximum atomic E-state index is 12.6. The monoisotopic (exact) mass is 859 g/mol. The highest BCUT2D eigenvalue weighted by Crippen LogP contribution is 2.43. The molecule has 0 bridgehead atoms. The molecule has 6 N–H and O–H groups in total. The maximum absolute atomic E-state index is 12.6. The van der Waals surface area contributed by atoms with Crippen LogP contribution in [0.2, 0.25) is 0 Å². The summed E-state index contributed by atoms with van der Waals surface area (Å²) in [6.45, 7) is 2.98. The van der Waals surface area contributed by atoms with Gasteiger partial charge in [0.25, 0.3) is 0 Å². The van der Waals surface area contributed by atoms with Gasteiger partial charge in [-0.05, 0) is 70.6 Å². The van der Waals surface area contributed by atoms with Crippen molar-refractivity contribution in [2.75, 3.05) is 26.4 Å². The van der Waals surface area contributed by atoms with Gasteiger partial charge in [-0.25, -0.2) is 4.57 Å². The summed E-state index contributed by atoms with van der Waals surface area (Å²) in [5.41, 5.74) is 5.32. The zero-order valence-corrected chi connectivity index (χ0v) is 36.9. The van der Waals surface area contributed by atoms with Crippen LogP contribution in [0.25, 0.3) is 0 Å². The van der Waals surface area contributed by atoms with Gasteiger partial charge in [-0.2, -0.15) is 0 Å². The number of aliphatic hydroxyl groups excluding tert-OH is 3. The molecule has 60 heavy (non-hydrogen) atoms. The van der Waals surface area contributed by atoms with Crippen molar-refractivity contribution in [2.24, 2.45) is 5.73 Å². The summed E-state index contributed by atoms with van der Waals surface area (Å²) in [5, 5.41) is 30.4. The van der Waals surface area contributed by atoms with E-state index in [0.717, 1.165) is 38.5 Å². The van der Waals surface area contributed by atoms with Crippen LogP contribution < -0.4 is 5.73 Å². The minimum Gasteiger partial charge on any atom is -0.462 e. The molecule has 338 valence electrons. The fraction of sp³-hybridized carbons (Fsp3) is 0.532. The molecule has 0 saturated carbocycles. The molecule has 13 heteroatoms. The largest absolute Gasteiger partial charge is 0.472 e. The lowest BCUT2D eigenvalue weighted by atomic mass is 10.1. The summed E-state index contributed by atoms with van der Waals surface area (Å²) < 4.78 is 32.4. The molecule has 0 spiro atoms. The molecule has 0 aliphatic heterocycles. The number of carbonyl (C=O) groups excluding carboxylic acids is 2. The minimum atomic E-state index is -4.50. The number of unbranched alkanes of at least 4 members (excludes halogenated alkanes) is 3. The highest BCUT2D eigenvalue weighted by Gasteiger charge is 2.26. The van der Waals surface area contributed by atoms with Crippen molar-refractivity contribution >= 4 is 19.8 Å². The Bertz CT molecular complexity index is 1440. The molecule has 12 nitrogen and oxygen atoms in total. The second kappa shape index (κ2) is 40.7. The summed E-state index contributed by atoms with van der Waals surface area (Å²) in [6, 6.07) is 0. The Hall–Kier alpha value is -3.71. The molecule has 1 unspecified atom stereocenters. The number of ether oxygens (including phenoxy) is 2. The molecule has 0 aromatic carbocycles. The first-order valence-electron chi connectivity index (χ1n) is 21.3. The van der Waals surface area contributed by atoms with Crippen LogP contribution in [0.5, 0.6) is 0 Å². The van der Waals surface area contributed by atoms with E-state index in [1.54, 1.807) is 42.5 Å². The summed E-state index contributed by atoms with van der Waals surface area (Å²) in [5.74, 6) is -1.27. The molecule has 5 atom stereocenters. The summed E-state index contributed by atoms with van der Waals surface area (Å²) in [4.78, 5) is 34.9. The molecule has 0 aromatic rings. The summed E-state index contributed by atoms with van der Waals surface area (Å²) >= 11 is 0. The fourth-order valence-corrected chi connectivity index (χ4v) is 5.66. The van der Waals surface area contributed by atoms with Crippen LogP contribution in [0.15, 0.2) is 122 Å². The third-order valence-electron chi connectivity index (χ3n) is 8.19. The third-order valence-corrected chi connectivity index (χ3v) is 9.17. The molecule has 0 saturated heterocycles. The van der Waals surface area contributed by atoms with Crippen LogP contribution in [0, 0.1) is 0 Å². The van der Waals surface area contributed by atoms with Crippen molar-refractivity contribution in [1.29, 1.82) is 0 Å². The zero-order chi connectivity index (χ0) is 44.4. The predicted octanol–water partition coefficient (Wildman–Crippen LogP) is 9.07. The van der Waals surface area contributed by atoms with Crippen LogP contribution in [0.3, 0.4) is 0 Å². The van der Waals surface area contributed by atoms with Crippen LogP contribution in [-0.2, 0) is 32.7 Å². The summed E-state index contributed by atoms with van der Waals surface area (Å²) in [6.07, 6.45) is 44.7.